The van der Waals surface area contributed by atoms with Crippen LogP contribution in [-0.4, -0.2) is 37.2 Å². The second kappa shape index (κ2) is 7.51. The molecule has 26 heavy (non-hydrogen) atoms. The van der Waals surface area contributed by atoms with E-state index in [1.54, 1.807) is 18.2 Å². The number of alkyl halides is 3. The summed E-state index contributed by atoms with van der Waals surface area (Å²) in [5.74, 6) is -0.567. The van der Waals surface area contributed by atoms with Crippen LogP contribution in [0.1, 0.15) is 16.1 Å². The fourth-order valence-electron chi connectivity index (χ4n) is 2.61. The molecule has 9 heteroatoms. The zero-order valence-electron chi connectivity index (χ0n) is 13.5. The number of aromatic nitrogens is 1. The molecule has 1 aromatic carbocycles. The first kappa shape index (κ1) is 18.5. The number of carbonyl (C=O) groups is 1. The van der Waals surface area contributed by atoms with Gasteiger partial charge in [0, 0.05) is 19.3 Å². The lowest BCUT2D eigenvalue weighted by Crippen LogP contribution is -2.37. The number of para-hydroxylation sites is 1. The normalized spacial score (nSPS) is 15.0. The molecule has 1 saturated heterocycles. The predicted molar refractivity (Wildman–Crippen MR) is 91.7 cm³/mol. The lowest BCUT2D eigenvalue weighted by molar-refractivity contribution is -0.141. The van der Waals surface area contributed by atoms with Crippen LogP contribution in [0.15, 0.2) is 36.5 Å². The molecule has 5 nitrogen and oxygen atoms in total. The van der Waals surface area contributed by atoms with Gasteiger partial charge in [-0.25, -0.2) is 0 Å². The molecule has 0 radical (unpaired) electrons. The van der Waals surface area contributed by atoms with Gasteiger partial charge in [0.2, 0.25) is 0 Å². The van der Waals surface area contributed by atoms with Crippen molar-refractivity contribution in [3.63, 3.8) is 0 Å². The van der Waals surface area contributed by atoms with Gasteiger partial charge < -0.3 is 15.0 Å². The lowest BCUT2D eigenvalue weighted by atomic mass is 10.2. The molecule has 0 unspecified atom stereocenters. The Hall–Kier alpha value is -2.32. The number of nitrogens with zero attached hydrogens (tertiary/aromatic N) is 2. The maximum Gasteiger partial charge on any atom is 0.433 e. The van der Waals surface area contributed by atoms with Crippen molar-refractivity contribution in [1.29, 1.82) is 0 Å². The van der Waals surface area contributed by atoms with E-state index >= 15 is 0 Å². The summed E-state index contributed by atoms with van der Waals surface area (Å²) in [4.78, 5) is 17.7. The molecule has 0 spiro atoms. The maximum atomic E-state index is 12.6. The standard InChI is InChI=1S/C17H15ClF3N3O2/c18-12-2-1-3-13(15(12)24-6-8-26-9-7-24)23-16(25)11-4-5-14(22-10-11)17(19,20)21/h1-5,10H,6-9H2,(H,23,25). The predicted octanol–water partition coefficient (Wildman–Crippen LogP) is 3.84. The quantitative estimate of drug-likeness (QED) is 0.872. The van der Waals surface area contributed by atoms with Crippen molar-refractivity contribution in [2.75, 3.05) is 36.5 Å². The molecule has 1 aliphatic rings. The van der Waals surface area contributed by atoms with Crippen LogP contribution in [0, 0.1) is 0 Å². The van der Waals surface area contributed by atoms with Crippen LogP contribution < -0.4 is 10.2 Å². The van der Waals surface area contributed by atoms with Crippen molar-refractivity contribution in [3.05, 3.63) is 52.8 Å². The monoisotopic (exact) mass is 385 g/mol. The summed E-state index contributed by atoms with van der Waals surface area (Å²) >= 11 is 6.29. The summed E-state index contributed by atoms with van der Waals surface area (Å²) < 4.78 is 43.0. The van der Waals surface area contributed by atoms with Crippen LogP contribution in [0.5, 0.6) is 0 Å². The molecule has 1 aliphatic heterocycles. The summed E-state index contributed by atoms with van der Waals surface area (Å²) in [6.45, 7) is 2.33. The van der Waals surface area contributed by atoms with Crippen LogP contribution in [0.2, 0.25) is 5.02 Å². The number of carbonyl (C=O) groups excluding carboxylic acids is 1. The van der Waals surface area contributed by atoms with E-state index in [0.29, 0.717) is 42.7 Å². The minimum atomic E-state index is -4.55. The van der Waals surface area contributed by atoms with Gasteiger partial charge in [0.1, 0.15) is 5.69 Å². The SMILES string of the molecule is O=C(Nc1cccc(Cl)c1N1CCOCC1)c1ccc(C(F)(F)F)nc1. The van der Waals surface area contributed by atoms with Gasteiger partial charge >= 0.3 is 6.18 Å². The Balaban J connectivity index is 1.82. The molecule has 2 heterocycles. The van der Waals surface area contributed by atoms with Crippen LogP contribution in [0.3, 0.4) is 0 Å². The Bertz CT molecular complexity index is 791. The minimum Gasteiger partial charge on any atom is -0.378 e. The second-order valence-corrected chi connectivity index (χ2v) is 6.03. The van der Waals surface area contributed by atoms with E-state index in [4.69, 9.17) is 16.3 Å². The van der Waals surface area contributed by atoms with Crippen molar-refractivity contribution < 1.29 is 22.7 Å². The van der Waals surface area contributed by atoms with E-state index < -0.39 is 17.8 Å². The summed E-state index contributed by atoms with van der Waals surface area (Å²) in [7, 11) is 0. The van der Waals surface area contributed by atoms with Gasteiger partial charge in [-0.15, -0.1) is 0 Å². The van der Waals surface area contributed by atoms with Crippen molar-refractivity contribution >= 4 is 28.9 Å². The number of ether oxygens (including phenoxy) is 1. The van der Waals surface area contributed by atoms with E-state index in [1.165, 1.54) is 0 Å². The number of rotatable bonds is 3. The van der Waals surface area contributed by atoms with Crippen molar-refractivity contribution in [2.24, 2.45) is 0 Å². The fraction of sp³-hybridized carbons (Fsp3) is 0.294. The van der Waals surface area contributed by atoms with E-state index in [-0.39, 0.29) is 5.56 Å². The smallest absolute Gasteiger partial charge is 0.378 e. The van der Waals surface area contributed by atoms with E-state index in [1.807, 2.05) is 4.90 Å². The number of benzene rings is 1. The molecular weight excluding hydrogens is 371 g/mol. The summed E-state index contributed by atoms with van der Waals surface area (Å²) in [5, 5.41) is 3.16. The number of hydrogen-bond donors (Lipinski definition) is 1. The minimum absolute atomic E-state index is 0.0194. The largest absolute Gasteiger partial charge is 0.433 e. The molecule has 1 amide bonds. The van der Waals surface area contributed by atoms with Crippen LogP contribution in [0.4, 0.5) is 24.5 Å². The van der Waals surface area contributed by atoms with Crippen LogP contribution in [-0.2, 0) is 10.9 Å². The Labute approximate surface area is 152 Å². The highest BCUT2D eigenvalue weighted by molar-refractivity contribution is 6.34. The number of amides is 1. The zero-order chi connectivity index (χ0) is 18.7. The third kappa shape index (κ3) is 4.08. The van der Waals surface area contributed by atoms with E-state index in [9.17, 15) is 18.0 Å². The van der Waals surface area contributed by atoms with Gasteiger partial charge in [-0.05, 0) is 24.3 Å². The Morgan fingerprint density at radius 2 is 1.92 bits per heavy atom. The molecule has 0 aliphatic carbocycles. The van der Waals surface area contributed by atoms with Crippen molar-refractivity contribution in [1.82, 2.24) is 4.98 Å². The maximum absolute atomic E-state index is 12.6. The average Bonchev–Trinajstić information content (AvgIpc) is 2.62. The first-order valence-electron chi connectivity index (χ1n) is 7.82. The first-order chi connectivity index (χ1) is 12.4. The highest BCUT2D eigenvalue weighted by Gasteiger charge is 2.32. The number of hydrogen-bond acceptors (Lipinski definition) is 4. The molecule has 0 atom stereocenters. The van der Waals surface area contributed by atoms with Crippen molar-refractivity contribution in [2.45, 2.75) is 6.18 Å². The number of halogens is 4. The summed E-state index contributed by atoms with van der Waals surface area (Å²) in [5.41, 5.74) is 0.103. The molecule has 3 rings (SSSR count). The third-order valence-electron chi connectivity index (χ3n) is 3.88. The number of morpholine rings is 1. The lowest BCUT2D eigenvalue weighted by Gasteiger charge is -2.31. The van der Waals surface area contributed by atoms with Gasteiger partial charge in [-0.2, -0.15) is 13.2 Å². The van der Waals surface area contributed by atoms with Gasteiger partial charge in [0.05, 0.1) is 35.2 Å². The molecule has 1 fully saturated rings. The van der Waals surface area contributed by atoms with Crippen LogP contribution in [0.25, 0.3) is 0 Å². The van der Waals surface area contributed by atoms with Gasteiger partial charge in [0.25, 0.3) is 5.91 Å². The molecular formula is C17H15ClF3N3O2. The fourth-order valence-corrected chi connectivity index (χ4v) is 2.91. The summed E-state index contributed by atoms with van der Waals surface area (Å²) in [6, 6.07) is 6.94. The zero-order valence-corrected chi connectivity index (χ0v) is 14.3. The number of nitrogens with one attached hydrogen (secondary N) is 1. The van der Waals surface area contributed by atoms with Gasteiger partial charge in [-0.1, -0.05) is 17.7 Å². The molecule has 0 saturated carbocycles. The Morgan fingerprint density at radius 1 is 1.19 bits per heavy atom. The highest BCUT2D eigenvalue weighted by atomic mass is 35.5. The van der Waals surface area contributed by atoms with Gasteiger partial charge in [-0.3, -0.25) is 9.78 Å². The molecule has 1 N–H and O–H groups in total. The topological polar surface area (TPSA) is 54.5 Å². The summed E-state index contributed by atoms with van der Waals surface area (Å²) in [6.07, 6.45) is -3.65. The number of anilines is 2. The molecule has 2 aromatic rings. The first-order valence-corrected chi connectivity index (χ1v) is 8.20. The van der Waals surface area contributed by atoms with E-state index in [0.717, 1.165) is 18.3 Å². The van der Waals surface area contributed by atoms with Crippen molar-refractivity contribution in [3.8, 4) is 0 Å². The molecule has 0 bridgehead atoms. The number of pyridine rings is 1. The van der Waals surface area contributed by atoms with Gasteiger partial charge in [0.15, 0.2) is 0 Å². The molecule has 138 valence electrons. The average molecular weight is 386 g/mol. The second-order valence-electron chi connectivity index (χ2n) is 5.62. The highest BCUT2D eigenvalue weighted by Crippen LogP contribution is 2.35. The Morgan fingerprint density at radius 3 is 2.54 bits per heavy atom. The third-order valence-corrected chi connectivity index (χ3v) is 4.18. The Kier molecular flexibility index (Phi) is 5.33. The van der Waals surface area contributed by atoms with Crippen LogP contribution >= 0.6 is 11.6 Å². The van der Waals surface area contributed by atoms with E-state index in [2.05, 4.69) is 10.3 Å². The molecule has 1 aromatic heterocycles.